The number of methoxy groups -OCH3 is 1. The first-order valence-corrected chi connectivity index (χ1v) is 8.60. The molecule has 6 heteroatoms. The molecule has 0 aliphatic carbocycles. The number of rotatable bonds is 4. The van der Waals surface area contributed by atoms with Gasteiger partial charge in [-0.15, -0.1) is 0 Å². The SMILES string of the molecule is COC(=O)CC1CSCCN1C(C)c1nc2ccccc2o1. The third-order valence-electron chi connectivity index (χ3n) is 4.07. The Labute approximate surface area is 134 Å². The van der Waals surface area contributed by atoms with Gasteiger partial charge in [-0.05, 0) is 19.1 Å². The van der Waals surface area contributed by atoms with Gasteiger partial charge in [-0.3, -0.25) is 9.69 Å². The monoisotopic (exact) mass is 320 g/mol. The third kappa shape index (κ3) is 3.13. The Balaban J connectivity index is 1.81. The summed E-state index contributed by atoms with van der Waals surface area (Å²) < 4.78 is 10.7. The number of thioether (sulfide) groups is 1. The summed E-state index contributed by atoms with van der Waals surface area (Å²) in [6.45, 7) is 3.01. The molecule has 2 aromatic rings. The van der Waals surface area contributed by atoms with Crippen LogP contribution in [0.25, 0.3) is 11.1 Å². The highest BCUT2D eigenvalue weighted by molar-refractivity contribution is 7.99. The summed E-state index contributed by atoms with van der Waals surface area (Å²) in [5.74, 6) is 2.53. The zero-order valence-electron chi connectivity index (χ0n) is 12.8. The second kappa shape index (κ2) is 6.71. The van der Waals surface area contributed by atoms with E-state index in [1.807, 2.05) is 36.0 Å². The number of nitrogens with zero attached hydrogens (tertiary/aromatic N) is 2. The van der Waals surface area contributed by atoms with E-state index in [2.05, 4.69) is 16.8 Å². The fraction of sp³-hybridized carbons (Fsp3) is 0.500. The standard InChI is InChI=1S/C16H20N2O3S/c1-11(16-17-13-5-3-4-6-14(13)21-16)18-7-8-22-10-12(18)9-15(19)20-2/h3-6,11-12H,7-10H2,1-2H3. The predicted octanol–water partition coefficient (Wildman–Crippen LogP) is 2.87. The van der Waals surface area contributed by atoms with E-state index in [1.165, 1.54) is 7.11 Å². The summed E-state index contributed by atoms with van der Waals surface area (Å²) in [7, 11) is 1.44. The van der Waals surface area contributed by atoms with Crippen LogP contribution in [0, 0.1) is 0 Å². The molecule has 2 atom stereocenters. The lowest BCUT2D eigenvalue weighted by molar-refractivity contribution is -0.142. The van der Waals surface area contributed by atoms with Crippen LogP contribution in [0.5, 0.6) is 0 Å². The number of carbonyl (C=O) groups is 1. The Morgan fingerprint density at radius 1 is 1.55 bits per heavy atom. The number of hydrogen-bond donors (Lipinski definition) is 0. The fourth-order valence-corrected chi connectivity index (χ4v) is 3.93. The third-order valence-corrected chi connectivity index (χ3v) is 5.16. The minimum Gasteiger partial charge on any atom is -0.469 e. The van der Waals surface area contributed by atoms with Gasteiger partial charge in [0.05, 0.1) is 19.6 Å². The lowest BCUT2D eigenvalue weighted by atomic mass is 10.1. The van der Waals surface area contributed by atoms with Crippen LogP contribution in [-0.4, -0.2) is 47.1 Å². The number of hydrogen-bond acceptors (Lipinski definition) is 6. The molecule has 0 spiro atoms. The first kappa shape index (κ1) is 15.4. The summed E-state index contributed by atoms with van der Waals surface area (Å²) in [5.41, 5.74) is 1.68. The molecular weight excluding hydrogens is 300 g/mol. The maximum atomic E-state index is 11.6. The van der Waals surface area contributed by atoms with Gasteiger partial charge in [0.25, 0.3) is 0 Å². The van der Waals surface area contributed by atoms with Crippen molar-refractivity contribution in [2.45, 2.75) is 25.4 Å². The summed E-state index contributed by atoms with van der Waals surface area (Å²) >= 11 is 1.88. The molecule has 0 bridgehead atoms. The van der Waals surface area contributed by atoms with Crippen molar-refractivity contribution >= 4 is 28.8 Å². The quantitative estimate of drug-likeness (QED) is 0.808. The van der Waals surface area contributed by atoms with E-state index in [0.29, 0.717) is 12.3 Å². The van der Waals surface area contributed by atoms with Gasteiger partial charge < -0.3 is 9.15 Å². The number of fused-ring (bicyclic) bond motifs is 1. The van der Waals surface area contributed by atoms with E-state index in [0.717, 1.165) is 29.2 Å². The first-order valence-electron chi connectivity index (χ1n) is 7.45. The lowest BCUT2D eigenvalue weighted by Crippen LogP contribution is -2.45. The molecule has 0 amide bonds. The van der Waals surface area contributed by atoms with Crippen molar-refractivity contribution in [1.29, 1.82) is 0 Å². The van der Waals surface area contributed by atoms with E-state index >= 15 is 0 Å². The molecule has 3 rings (SSSR count). The number of para-hydroxylation sites is 2. The van der Waals surface area contributed by atoms with E-state index in [4.69, 9.17) is 9.15 Å². The fourth-order valence-electron chi connectivity index (χ4n) is 2.84. The van der Waals surface area contributed by atoms with Gasteiger partial charge in [0.15, 0.2) is 5.58 Å². The number of oxazole rings is 1. The molecule has 1 saturated heterocycles. The molecule has 2 heterocycles. The molecule has 22 heavy (non-hydrogen) atoms. The molecule has 0 saturated carbocycles. The first-order chi connectivity index (χ1) is 10.7. The van der Waals surface area contributed by atoms with Gasteiger partial charge in [-0.1, -0.05) is 12.1 Å². The summed E-state index contributed by atoms with van der Waals surface area (Å²) in [6.07, 6.45) is 0.411. The summed E-state index contributed by atoms with van der Waals surface area (Å²) in [4.78, 5) is 18.5. The van der Waals surface area contributed by atoms with Gasteiger partial charge >= 0.3 is 5.97 Å². The molecular formula is C16H20N2O3S. The summed E-state index contributed by atoms with van der Waals surface area (Å²) in [6, 6.07) is 7.99. The average Bonchev–Trinajstić information content (AvgIpc) is 2.98. The lowest BCUT2D eigenvalue weighted by Gasteiger charge is -2.37. The van der Waals surface area contributed by atoms with Crippen molar-refractivity contribution in [2.75, 3.05) is 25.2 Å². The van der Waals surface area contributed by atoms with Crippen LogP contribution in [0.2, 0.25) is 0 Å². The predicted molar refractivity (Wildman–Crippen MR) is 86.9 cm³/mol. The van der Waals surface area contributed by atoms with Gasteiger partial charge in [0.2, 0.25) is 5.89 Å². The number of carbonyl (C=O) groups excluding carboxylic acids is 1. The largest absolute Gasteiger partial charge is 0.469 e. The van der Waals surface area contributed by atoms with Gasteiger partial charge in [0.1, 0.15) is 5.52 Å². The Hall–Kier alpha value is -1.53. The van der Waals surface area contributed by atoms with Gasteiger partial charge in [0, 0.05) is 24.1 Å². The normalized spacial score (nSPS) is 20.9. The Morgan fingerprint density at radius 2 is 2.36 bits per heavy atom. The van der Waals surface area contributed by atoms with E-state index in [-0.39, 0.29) is 18.1 Å². The van der Waals surface area contributed by atoms with Crippen molar-refractivity contribution < 1.29 is 13.9 Å². The number of aromatic nitrogens is 1. The van der Waals surface area contributed by atoms with Crippen LogP contribution < -0.4 is 0 Å². The molecule has 1 aliphatic heterocycles. The second-order valence-corrected chi connectivity index (χ2v) is 6.59. The van der Waals surface area contributed by atoms with Crippen LogP contribution in [0.4, 0.5) is 0 Å². The van der Waals surface area contributed by atoms with Crippen LogP contribution >= 0.6 is 11.8 Å². The molecule has 0 radical (unpaired) electrons. The van der Waals surface area contributed by atoms with Gasteiger partial charge in [-0.2, -0.15) is 11.8 Å². The highest BCUT2D eigenvalue weighted by Crippen LogP contribution is 2.30. The highest BCUT2D eigenvalue weighted by atomic mass is 32.2. The maximum Gasteiger partial charge on any atom is 0.307 e. The topological polar surface area (TPSA) is 55.6 Å². The van der Waals surface area contributed by atoms with Crippen LogP contribution in [-0.2, 0) is 9.53 Å². The molecule has 2 unspecified atom stereocenters. The number of ether oxygens (including phenoxy) is 1. The van der Waals surface area contributed by atoms with Crippen molar-refractivity contribution in [3.8, 4) is 0 Å². The molecule has 5 nitrogen and oxygen atoms in total. The Bertz CT molecular complexity index is 625. The van der Waals surface area contributed by atoms with Crippen molar-refractivity contribution in [1.82, 2.24) is 9.88 Å². The van der Waals surface area contributed by atoms with Crippen LogP contribution in [0.15, 0.2) is 28.7 Å². The van der Waals surface area contributed by atoms with Crippen LogP contribution in [0.3, 0.4) is 0 Å². The smallest absolute Gasteiger partial charge is 0.307 e. The molecule has 118 valence electrons. The van der Waals surface area contributed by atoms with Gasteiger partial charge in [-0.25, -0.2) is 4.98 Å². The molecule has 1 aromatic heterocycles. The molecule has 0 N–H and O–H groups in total. The maximum absolute atomic E-state index is 11.6. The molecule has 1 fully saturated rings. The number of benzene rings is 1. The van der Waals surface area contributed by atoms with E-state index in [9.17, 15) is 4.79 Å². The molecule has 1 aromatic carbocycles. The van der Waals surface area contributed by atoms with Crippen molar-refractivity contribution in [3.05, 3.63) is 30.2 Å². The number of esters is 1. The summed E-state index contributed by atoms with van der Waals surface area (Å²) in [5, 5.41) is 0. The van der Waals surface area contributed by atoms with Crippen LogP contribution in [0.1, 0.15) is 25.3 Å². The zero-order valence-corrected chi connectivity index (χ0v) is 13.6. The molecule has 1 aliphatic rings. The van der Waals surface area contributed by atoms with Crippen molar-refractivity contribution in [3.63, 3.8) is 0 Å². The Kier molecular flexibility index (Phi) is 4.69. The average molecular weight is 320 g/mol. The second-order valence-electron chi connectivity index (χ2n) is 5.44. The minimum absolute atomic E-state index is 0.0444. The Morgan fingerprint density at radius 3 is 3.14 bits per heavy atom. The highest BCUT2D eigenvalue weighted by Gasteiger charge is 2.31. The minimum atomic E-state index is -0.165. The van der Waals surface area contributed by atoms with E-state index in [1.54, 1.807) is 0 Å². The van der Waals surface area contributed by atoms with Crippen molar-refractivity contribution in [2.24, 2.45) is 0 Å². The van der Waals surface area contributed by atoms with E-state index < -0.39 is 0 Å². The zero-order chi connectivity index (χ0) is 15.5.